The number of hydrogen-bond donors (Lipinski definition) is 2. The third kappa shape index (κ3) is 5.07. The normalized spacial score (nSPS) is 11.7. The van der Waals surface area contributed by atoms with Gasteiger partial charge in [0.2, 0.25) is 0 Å². The van der Waals surface area contributed by atoms with E-state index in [1.807, 2.05) is 6.92 Å². The molecule has 0 fully saturated rings. The SMILES string of the molecule is CCC(NC(=O)Nc1ccccc1OC)c1ccccc1OC(F)F. The highest BCUT2D eigenvalue weighted by Crippen LogP contribution is 2.29. The predicted octanol–water partition coefficient (Wildman–Crippen LogP) is 4.57. The van der Waals surface area contributed by atoms with Gasteiger partial charge in [0.25, 0.3) is 0 Å². The van der Waals surface area contributed by atoms with E-state index in [9.17, 15) is 13.6 Å². The van der Waals surface area contributed by atoms with Crippen LogP contribution in [0.5, 0.6) is 11.5 Å². The second kappa shape index (κ2) is 8.86. The Morgan fingerprint density at radius 2 is 1.72 bits per heavy atom. The number of nitrogens with one attached hydrogen (secondary N) is 2. The molecule has 0 aliphatic carbocycles. The number of halogens is 2. The Hall–Kier alpha value is -2.83. The summed E-state index contributed by atoms with van der Waals surface area (Å²) in [4.78, 5) is 12.3. The number of ether oxygens (including phenoxy) is 2. The highest BCUT2D eigenvalue weighted by atomic mass is 19.3. The van der Waals surface area contributed by atoms with E-state index in [0.29, 0.717) is 23.4 Å². The van der Waals surface area contributed by atoms with Crippen LogP contribution < -0.4 is 20.1 Å². The Labute approximate surface area is 144 Å². The van der Waals surface area contributed by atoms with Gasteiger partial charge in [-0.05, 0) is 24.6 Å². The molecule has 7 heteroatoms. The van der Waals surface area contributed by atoms with E-state index in [-0.39, 0.29) is 5.75 Å². The van der Waals surface area contributed by atoms with Crippen molar-refractivity contribution in [1.82, 2.24) is 5.32 Å². The summed E-state index contributed by atoms with van der Waals surface area (Å²) in [7, 11) is 1.51. The van der Waals surface area contributed by atoms with Crippen molar-refractivity contribution in [3.8, 4) is 11.5 Å². The number of hydrogen-bond acceptors (Lipinski definition) is 3. The number of para-hydroxylation sites is 3. The van der Waals surface area contributed by atoms with E-state index in [1.165, 1.54) is 13.2 Å². The van der Waals surface area contributed by atoms with Crippen LogP contribution in [0.3, 0.4) is 0 Å². The first-order valence-corrected chi connectivity index (χ1v) is 7.79. The number of alkyl halides is 2. The first-order valence-electron chi connectivity index (χ1n) is 7.79. The third-order valence-electron chi connectivity index (χ3n) is 3.58. The molecule has 0 aliphatic rings. The molecule has 0 bridgehead atoms. The maximum atomic E-state index is 12.6. The predicted molar refractivity (Wildman–Crippen MR) is 91.3 cm³/mol. The third-order valence-corrected chi connectivity index (χ3v) is 3.58. The molecule has 2 aromatic carbocycles. The van der Waals surface area contributed by atoms with Crippen molar-refractivity contribution in [3.63, 3.8) is 0 Å². The van der Waals surface area contributed by atoms with Crippen molar-refractivity contribution in [2.24, 2.45) is 0 Å². The molecule has 1 unspecified atom stereocenters. The minimum atomic E-state index is -2.93. The van der Waals surface area contributed by atoms with Crippen molar-refractivity contribution < 1.29 is 23.0 Å². The molecule has 2 N–H and O–H groups in total. The van der Waals surface area contributed by atoms with Gasteiger partial charge < -0.3 is 20.1 Å². The summed E-state index contributed by atoms with van der Waals surface area (Å²) in [6.45, 7) is -1.09. The van der Waals surface area contributed by atoms with Crippen LogP contribution in [0.2, 0.25) is 0 Å². The van der Waals surface area contributed by atoms with Gasteiger partial charge in [-0.15, -0.1) is 0 Å². The summed E-state index contributed by atoms with van der Waals surface area (Å²) in [6.07, 6.45) is 0.503. The number of amides is 2. The van der Waals surface area contributed by atoms with Gasteiger partial charge in [0.1, 0.15) is 11.5 Å². The first kappa shape index (κ1) is 18.5. The lowest BCUT2D eigenvalue weighted by molar-refractivity contribution is -0.0506. The number of rotatable bonds is 7. The molecule has 25 heavy (non-hydrogen) atoms. The van der Waals surface area contributed by atoms with Crippen LogP contribution in [0.25, 0.3) is 0 Å². The molecule has 0 saturated carbocycles. The Balaban J connectivity index is 2.13. The molecule has 2 aromatic rings. The van der Waals surface area contributed by atoms with Gasteiger partial charge in [-0.25, -0.2) is 4.79 Å². The molecule has 5 nitrogen and oxygen atoms in total. The summed E-state index contributed by atoms with van der Waals surface area (Å²) < 4.78 is 34.8. The standard InChI is InChI=1S/C18H20F2N2O3/c1-3-13(12-8-4-6-10-15(12)25-17(19)20)21-18(23)22-14-9-5-7-11-16(14)24-2/h4-11,13,17H,3H2,1-2H3,(H2,21,22,23). The van der Waals surface area contributed by atoms with E-state index in [2.05, 4.69) is 15.4 Å². The zero-order valence-corrected chi connectivity index (χ0v) is 14.0. The van der Waals surface area contributed by atoms with E-state index in [1.54, 1.807) is 42.5 Å². The number of anilines is 1. The van der Waals surface area contributed by atoms with Crippen molar-refractivity contribution in [2.45, 2.75) is 26.0 Å². The van der Waals surface area contributed by atoms with E-state index in [4.69, 9.17) is 4.74 Å². The molecule has 0 spiro atoms. The summed E-state index contributed by atoms with van der Waals surface area (Å²) in [5.41, 5.74) is 0.995. The second-order valence-electron chi connectivity index (χ2n) is 5.18. The van der Waals surface area contributed by atoms with Crippen molar-refractivity contribution in [3.05, 3.63) is 54.1 Å². The van der Waals surface area contributed by atoms with Gasteiger partial charge in [-0.2, -0.15) is 8.78 Å². The van der Waals surface area contributed by atoms with Crippen LogP contribution in [-0.2, 0) is 0 Å². The Kier molecular flexibility index (Phi) is 6.56. The fraction of sp³-hybridized carbons (Fsp3) is 0.278. The average molecular weight is 350 g/mol. The molecule has 0 aliphatic heterocycles. The lowest BCUT2D eigenvalue weighted by Gasteiger charge is -2.21. The minimum Gasteiger partial charge on any atom is -0.495 e. The maximum absolute atomic E-state index is 12.6. The fourth-order valence-electron chi connectivity index (χ4n) is 2.44. The van der Waals surface area contributed by atoms with Crippen LogP contribution >= 0.6 is 0 Å². The summed E-state index contributed by atoms with van der Waals surface area (Å²) >= 11 is 0. The number of carbonyl (C=O) groups excluding carboxylic acids is 1. The molecule has 2 amide bonds. The second-order valence-corrected chi connectivity index (χ2v) is 5.18. The molecule has 0 aromatic heterocycles. The van der Waals surface area contributed by atoms with E-state index >= 15 is 0 Å². The molecule has 0 heterocycles. The van der Waals surface area contributed by atoms with Crippen LogP contribution in [0.4, 0.5) is 19.3 Å². The quantitative estimate of drug-likeness (QED) is 0.769. The Morgan fingerprint density at radius 3 is 2.36 bits per heavy atom. The van der Waals surface area contributed by atoms with E-state index in [0.717, 1.165) is 0 Å². The summed E-state index contributed by atoms with van der Waals surface area (Å²) in [6, 6.07) is 12.4. The van der Waals surface area contributed by atoms with Crippen LogP contribution in [0.15, 0.2) is 48.5 Å². The van der Waals surface area contributed by atoms with Crippen molar-refractivity contribution in [2.75, 3.05) is 12.4 Å². The van der Waals surface area contributed by atoms with Crippen molar-refractivity contribution >= 4 is 11.7 Å². The smallest absolute Gasteiger partial charge is 0.387 e. The highest BCUT2D eigenvalue weighted by Gasteiger charge is 2.19. The van der Waals surface area contributed by atoms with Crippen molar-refractivity contribution in [1.29, 1.82) is 0 Å². The summed E-state index contributed by atoms with van der Waals surface area (Å²) in [5.74, 6) is 0.564. The maximum Gasteiger partial charge on any atom is 0.387 e. The lowest BCUT2D eigenvalue weighted by Crippen LogP contribution is -2.32. The Bertz CT molecular complexity index is 710. The molecule has 0 saturated heterocycles. The molecular weight excluding hydrogens is 330 g/mol. The van der Waals surface area contributed by atoms with Gasteiger partial charge in [-0.1, -0.05) is 37.3 Å². The lowest BCUT2D eigenvalue weighted by atomic mass is 10.0. The minimum absolute atomic E-state index is 0.0435. The average Bonchev–Trinajstić information content (AvgIpc) is 2.60. The Morgan fingerprint density at radius 1 is 1.08 bits per heavy atom. The van der Waals surface area contributed by atoms with Gasteiger partial charge in [0.05, 0.1) is 18.8 Å². The summed E-state index contributed by atoms with van der Waals surface area (Å²) in [5, 5.41) is 5.46. The highest BCUT2D eigenvalue weighted by molar-refractivity contribution is 5.91. The van der Waals surface area contributed by atoms with Crippen LogP contribution in [0.1, 0.15) is 24.9 Å². The number of urea groups is 1. The molecule has 1 atom stereocenters. The van der Waals surface area contributed by atoms with Gasteiger partial charge in [-0.3, -0.25) is 0 Å². The fourth-order valence-corrected chi connectivity index (χ4v) is 2.44. The van der Waals surface area contributed by atoms with Gasteiger partial charge in [0.15, 0.2) is 0 Å². The topological polar surface area (TPSA) is 59.6 Å². The number of carbonyl (C=O) groups is 1. The number of benzene rings is 2. The van der Waals surface area contributed by atoms with Gasteiger partial charge in [0, 0.05) is 5.56 Å². The van der Waals surface area contributed by atoms with Crippen LogP contribution in [-0.4, -0.2) is 19.8 Å². The van der Waals surface area contributed by atoms with Crippen LogP contribution in [0, 0.1) is 0 Å². The van der Waals surface area contributed by atoms with Gasteiger partial charge >= 0.3 is 12.6 Å². The molecule has 134 valence electrons. The molecular formula is C18H20F2N2O3. The zero-order chi connectivity index (χ0) is 18.2. The largest absolute Gasteiger partial charge is 0.495 e. The van der Waals surface area contributed by atoms with E-state index < -0.39 is 18.7 Å². The monoisotopic (exact) mass is 350 g/mol. The first-order chi connectivity index (χ1) is 12.0. The molecule has 0 radical (unpaired) electrons. The zero-order valence-electron chi connectivity index (χ0n) is 14.0. The number of methoxy groups -OCH3 is 1. The molecule has 2 rings (SSSR count).